The van der Waals surface area contributed by atoms with E-state index in [1.54, 1.807) is 0 Å². The molecule has 3 N–H and O–H groups in total. The van der Waals surface area contributed by atoms with Crippen LogP contribution in [0.5, 0.6) is 0 Å². The Morgan fingerprint density at radius 3 is 2.78 bits per heavy atom. The summed E-state index contributed by atoms with van der Waals surface area (Å²) in [6, 6.07) is 4.23. The predicted molar refractivity (Wildman–Crippen MR) is 68.7 cm³/mol. The summed E-state index contributed by atoms with van der Waals surface area (Å²) in [5.41, 5.74) is 0.301. The Morgan fingerprint density at radius 2 is 2.17 bits per heavy atom. The number of hydrogen-bond donors (Lipinski definition) is 3. The molecule has 0 aliphatic rings. The Labute approximate surface area is 109 Å². The molecule has 5 nitrogen and oxygen atoms in total. The highest BCUT2D eigenvalue weighted by atomic mass is 35.5. The van der Waals surface area contributed by atoms with Crippen LogP contribution in [0.4, 0.5) is 5.69 Å². The second-order valence-electron chi connectivity index (χ2n) is 3.36. The van der Waals surface area contributed by atoms with Gasteiger partial charge in [0, 0.05) is 5.69 Å². The van der Waals surface area contributed by atoms with Gasteiger partial charge in [0.2, 0.25) is 5.91 Å². The first-order valence-electron chi connectivity index (χ1n) is 5.01. The van der Waals surface area contributed by atoms with E-state index in [4.69, 9.17) is 23.1 Å². The quantitative estimate of drug-likeness (QED) is 0.553. The molecule has 1 amide bonds. The van der Waals surface area contributed by atoms with Crippen molar-refractivity contribution in [3.05, 3.63) is 28.8 Å². The van der Waals surface area contributed by atoms with E-state index in [1.807, 2.05) is 0 Å². The van der Waals surface area contributed by atoms with Gasteiger partial charge in [0.1, 0.15) is 0 Å². The molecule has 0 spiro atoms. The lowest BCUT2D eigenvalue weighted by Gasteiger charge is -2.07. The lowest BCUT2D eigenvalue weighted by Crippen LogP contribution is -2.28. The van der Waals surface area contributed by atoms with Crippen LogP contribution in [0.3, 0.4) is 0 Å². The van der Waals surface area contributed by atoms with Crippen molar-refractivity contribution in [2.24, 2.45) is 0 Å². The lowest BCUT2D eigenvalue weighted by atomic mass is 10.2. The summed E-state index contributed by atoms with van der Waals surface area (Å²) in [6.07, 6.45) is 5.01. The molecular weight excluding hydrogens is 256 g/mol. The van der Waals surface area contributed by atoms with Gasteiger partial charge in [-0.15, -0.1) is 6.42 Å². The largest absolute Gasteiger partial charge is 0.478 e. The summed E-state index contributed by atoms with van der Waals surface area (Å²) < 4.78 is 0. The number of carboxylic acids is 1. The van der Waals surface area contributed by atoms with E-state index in [1.165, 1.54) is 18.2 Å². The van der Waals surface area contributed by atoms with Gasteiger partial charge in [-0.1, -0.05) is 17.5 Å². The van der Waals surface area contributed by atoms with Crippen LogP contribution in [-0.4, -0.2) is 30.1 Å². The molecule has 0 aromatic heterocycles. The maximum Gasteiger partial charge on any atom is 0.337 e. The number of terminal acetylenes is 1. The SMILES string of the molecule is C#CCNCC(=O)Nc1ccc(Cl)c(C(=O)O)c1. The molecule has 0 bridgehead atoms. The van der Waals surface area contributed by atoms with Crippen molar-refractivity contribution in [2.45, 2.75) is 0 Å². The minimum atomic E-state index is -1.15. The van der Waals surface area contributed by atoms with Gasteiger partial charge in [-0.2, -0.15) is 0 Å². The summed E-state index contributed by atoms with van der Waals surface area (Å²) >= 11 is 5.70. The molecule has 0 saturated carbocycles. The molecule has 0 aliphatic carbocycles. The summed E-state index contributed by atoms with van der Waals surface area (Å²) in [6.45, 7) is 0.337. The van der Waals surface area contributed by atoms with Crippen LogP contribution in [0.15, 0.2) is 18.2 Å². The number of halogens is 1. The van der Waals surface area contributed by atoms with Crippen LogP contribution in [0.25, 0.3) is 0 Å². The molecule has 1 aromatic carbocycles. The third kappa shape index (κ3) is 4.09. The van der Waals surface area contributed by atoms with Crippen molar-refractivity contribution >= 4 is 29.2 Å². The van der Waals surface area contributed by atoms with Crippen LogP contribution in [-0.2, 0) is 4.79 Å². The van der Waals surface area contributed by atoms with E-state index < -0.39 is 5.97 Å². The number of benzene rings is 1. The molecule has 94 valence electrons. The number of amides is 1. The molecule has 0 saturated heterocycles. The first-order chi connectivity index (χ1) is 8.54. The second kappa shape index (κ2) is 6.64. The molecule has 0 fully saturated rings. The van der Waals surface area contributed by atoms with Gasteiger partial charge in [0.05, 0.1) is 23.7 Å². The van der Waals surface area contributed by atoms with E-state index in [-0.39, 0.29) is 29.6 Å². The number of carboxylic acid groups (broad SMARTS) is 1. The highest BCUT2D eigenvalue weighted by Crippen LogP contribution is 2.20. The van der Waals surface area contributed by atoms with Crippen LogP contribution in [0.2, 0.25) is 5.02 Å². The molecule has 18 heavy (non-hydrogen) atoms. The topological polar surface area (TPSA) is 78.4 Å². The van der Waals surface area contributed by atoms with Crippen LogP contribution < -0.4 is 10.6 Å². The van der Waals surface area contributed by atoms with Gasteiger partial charge in [0.15, 0.2) is 0 Å². The van der Waals surface area contributed by atoms with Crippen molar-refractivity contribution in [2.75, 3.05) is 18.4 Å². The zero-order valence-corrected chi connectivity index (χ0v) is 10.1. The summed E-state index contributed by atoms with van der Waals surface area (Å²) in [4.78, 5) is 22.3. The zero-order valence-electron chi connectivity index (χ0n) is 9.37. The number of nitrogens with one attached hydrogen (secondary N) is 2. The zero-order chi connectivity index (χ0) is 13.5. The monoisotopic (exact) mass is 266 g/mol. The highest BCUT2D eigenvalue weighted by Gasteiger charge is 2.10. The molecule has 0 heterocycles. The van der Waals surface area contributed by atoms with Gasteiger partial charge in [-0.25, -0.2) is 4.79 Å². The van der Waals surface area contributed by atoms with Gasteiger partial charge >= 0.3 is 5.97 Å². The van der Waals surface area contributed by atoms with Crippen molar-refractivity contribution in [3.63, 3.8) is 0 Å². The van der Waals surface area contributed by atoms with Crippen molar-refractivity contribution in [1.29, 1.82) is 0 Å². The van der Waals surface area contributed by atoms with E-state index in [0.29, 0.717) is 5.69 Å². The van der Waals surface area contributed by atoms with Gasteiger partial charge < -0.3 is 10.4 Å². The van der Waals surface area contributed by atoms with Crippen LogP contribution >= 0.6 is 11.6 Å². The second-order valence-corrected chi connectivity index (χ2v) is 3.76. The average molecular weight is 267 g/mol. The molecule has 1 rings (SSSR count). The lowest BCUT2D eigenvalue weighted by molar-refractivity contribution is -0.115. The Bertz CT molecular complexity index is 509. The fraction of sp³-hybridized carbons (Fsp3) is 0.167. The smallest absolute Gasteiger partial charge is 0.337 e. The Morgan fingerprint density at radius 1 is 1.44 bits per heavy atom. The summed E-state index contributed by atoms with van der Waals surface area (Å²) in [7, 11) is 0. The standard InChI is InChI=1S/C12H11ClN2O3/c1-2-5-14-7-11(16)15-8-3-4-10(13)9(6-8)12(17)18/h1,3-4,6,14H,5,7H2,(H,15,16)(H,17,18). The van der Waals surface area contributed by atoms with Crippen molar-refractivity contribution < 1.29 is 14.7 Å². The number of aromatic carboxylic acids is 1. The average Bonchev–Trinajstić information content (AvgIpc) is 2.31. The van der Waals surface area contributed by atoms with Gasteiger partial charge in [0.25, 0.3) is 0 Å². The van der Waals surface area contributed by atoms with Crippen molar-refractivity contribution in [1.82, 2.24) is 5.32 Å². The summed E-state index contributed by atoms with van der Waals surface area (Å²) in [5, 5.41) is 14.2. The fourth-order valence-electron chi connectivity index (χ4n) is 1.22. The number of rotatable bonds is 5. The number of carbonyl (C=O) groups excluding carboxylic acids is 1. The van der Waals surface area contributed by atoms with E-state index in [9.17, 15) is 9.59 Å². The minimum Gasteiger partial charge on any atom is -0.478 e. The van der Waals surface area contributed by atoms with Crippen molar-refractivity contribution in [3.8, 4) is 12.3 Å². The van der Waals surface area contributed by atoms with Crippen LogP contribution in [0, 0.1) is 12.3 Å². The molecule has 0 atom stereocenters. The molecule has 1 aromatic rings. The first kappa shape index (κ1) is 14.0. The molecule has 0 radical (unpaired) electrons. The normalized spacial score (nSPS) is 9.56. The van der Waals surface area contributed by atoms with Gasteiger partial charge in [-0.3, -0.25) is 10.1 Å². The first-order valence-corrected chi connectivity index (χ1v) is 5.39. The highest BCUT2D eigenvalue weighted by molar-refractivity contribution is 6.33. The predicted octanol–water partition coefficient (Wildman–Crippen LogP) is 1.20. The van der Waals surface area contributed by atoms with Gasteiger partial charge in [-0.05, 0) is 18.2 Å². The Kier molecular flexibility index (Phi) is 5.18. The van der Waals surface area contributed by atoms with Crippen LogP contribution in [0.1, 0.15) is 10.4 Å². The fourth-order valence-corrected chi connectivity index (χ4v) is 1.42. The maximum absolute atomic E-state index is 11.4. The third-order valence-corrected chi connectivity index (χ3v) is 2.32. The van der Waals surface area contributed by atoms with E-state index in [2.05, 4.69) is 16.6 Å². The molecule has 6 heteroatoms. The summed E-state index contributed by atoms with van der Waals surface area (Å²) in [5.74, 6) is 0.865. The third-order valence-electron chi connectivity index (χ3n) is 1.99. The molecule has 0 aliphatic heterocycles. The molecular formula is C12H11ClN2O3. The Hall–Kier alpha value is -2.03. The number of hydrogen-bond acceptors (Lipinski definition) is 3. The maximum atomic E-state index is 11.4. The number of carbonyl (C=O) groups is 2. The Balaban J connectivity index is 2.68. The number of anilines is 1. The molecule has 0 unspecified atom stereocenters. The van der Waals surface area contributed by atoms with E-state index >= 15 is 0 Å². The minimum absolute atomic E-state index is 0.0508. The van der Waals surface area contributed by atoms with E-state index in [0.717, 1.165) is 0 Å².